The van der Waals surface area contributed by atoms with Crippen molar-refractivity contribution < 1.29 is 55.3 Å². The molecule has 0 rings (SSSR count). The first-order chi connectivity index (χ1) is 6.35. The Labute approximate surface area is 115 Å². The van der Waals surface area contributed by atoms with Gasteiger partial charge in [0.15, 0.2) is 0 Å². The molecule has 0 heterocycles. The molecular weight excluding hydrogens is 230 g/mol. The molecule has 1 unspecified atom stereocenters. The molecule has 0 saturated carbocycles. The second kappa shape index (κ2) is 13.1. The molecule has 7 heteroatoms. The van der Waals surface area contributed by atoms with Gasteiger partial charge in [-0.1, -0.05) is 33.1 Å². The first-order valence-electron chi connectivity index (χ1n) is 4.74. The molecule has 5 nitrogen and oxygen atoms in total. The average molecular weight is 252 g/mol. The molecule has 0 aromatic carbocycles. The van der Waals surface area contributed by atoms with E-state index in [2.05, 4.69) is 13.8 Å². The van der Waals surface area contributed by atoms with E-state index in [-0.39, 0.29) is 31.0 Å². The van der Waals surface area contributed by atoms with Crippen molar-refractivity contribution in [1.29, 1.82) is 0 Å². The van der Waals surface area contributed by atoms with Crippen LogP contribution < -0.4 is 29.6 Å². The average Bonchev–Trinajstić information content (AvgIpc) is 2.04. The van der Waals surface area contributed by atoms with E-state index in [9.17, 15) is 0 Å². The molecule has 0 radical (unpaired) electrons. The molecule has 15 heavy (non-hydrogen) atoms. The zero-order chi connectivity index (χ0) is 11.6. The van der Waals surface area contributed by atoms with Crippen LogP contribution in [0.4, 0.5) is 0 Å². The predicted molar refractivity (Wildman–Crippen MR) is 55.8 cm³/mol. The fourth-order valence-corrected chi connectivity index (χ4v) is 0.917. The maximum Gasteiger partial charge on any atom is 1.00 e. The fraction of sp³-hybridized carbons (Fsp3) is 1.00. The van der Waals surface area contributed by atoms with Gasteiger partial charge in [-0.05, 0) is 12.3 Å². The zero-order valence-electron chi connectivity index (χ0n) is 10.8. The summed E-state index contributed by atoms with van der Waals surface area (Å²) in [5.74, 6) is 0.560. The van der Waals surface area contributed by atoms with E-state index in [0.717, 1.165) is 6.42 Å². The Kier molecular flexibility index (Phi) is 18.7. The van der Waals surface area contributed by atoms with Crippen LogP contribution in [0.2, 0.25) is 0 Å². The van der Waals surface area contributed by atoms with Gasteiger partial charge in [-0.3, -0.25) is 0 Å². The van der Waals surface area contributed by atoms with Crippen LogP contribution >= 0.6 is 7.82 Å². The van der Waals surface area contributed by atoms with Crippen molar-refractivity contribution in [3.05, 3.63) is 0 Å². The van der Waals surface area contributed by atoms with Crippen molar-refractivity contribution >= 4 is 7.82 Å². The van der Waals surface area contributed by atoms with Gasteiger partial charge in [-0.15, -0.1) is 0 Å². The van der Waals surface area contributed by atoms with Crippen molar-refractivity contribution in [1.82, 2.24) is 0 Å². The Morgan fingerprint density at radius 1 is 1.27 bits per heavy atom. The summed E-state index contributed by atoms with van der Waals surface area (Å²) < 4.78 is 8.88. The third kappa shape index (κ3) is 31.3. The molecule has 0 aliphatic rings. The summed E-state index contributed by atoms with van der Waals surface area (Å²) in [4.78, 5) is 21.6. The van der Waals surface area contributed by atoms with E-state index in [4.69, 9.17) is 24.4 Å². The molecule has 0 amide bonds. The summed E-state index contributed by atoms with van der Waals surface area (Å²) in [6, 6.07) is 0. The van der Waals surface area contributed by atoms with Crippen LogP contribution in [-0.4, -0.2) is 26.4 Å². The Balaban J connectivity index is -0.0000000904. The maximum absolute atomic E-state index is 8.88. The molecule has 0 aromatic rings. The first kappa shape index (κ1) is 21.4. The Morgan fingerprint density at radius 2 is 1.67 bits per heavy atom. The largest absolute Gasteiger partial charge is 1.00 e. The van der Waals surface area contributed by atoms with Gasteiger partial charge in [0.2, 0.25) is 0 Å². The summed E-state index contributed by atoms with van der Waals surface area (Å²) in [7, 11) is -4.64. The van der Waals surface area contributed by atoms with E-state index in [1.54, 1.807) is 0 Å². The molecule has 90 valence electrons. The summed E-state index contributed by atoms with van der Waals surface area (Å²) in [6.45, 7) is 4.69. The predicted octanol–water partition coefficient (Wildman–Crippen LogP) is -1.62. The third-order valence-corrected chi connectivity index (χ3v) is 1.80. The number of aliphatic hydroxyl groups excluding tert-OH is 1. The van der Waals surface area contributed by atoms with Gasteiger partial charge in [-0.2, -0.15) is 0 Å². The Morgan fingerprint density at radius 3 is 1.87 bits per heavy atom. The molecule has 4 N–H and O–H groups in total. The van der Waals surface area contributed by atoms with E-state index in [0.29, 0.717) is 12.5 Å². The molecule has 0 aliphatic carbocycles. The topological polar surface area (TPSA) is 98.0 Å². The quantitative estimate of drug-likeness (QED) is 0.348. The first-order valence-corrected chi connectivity index (χ1v) is 6.30. The monoisotopic (exact) mass is 252 g/mol. The van der Waals surface area contributed by atoms with E-state index >= 15 is 0 Å². The van der Waals surface area contributed by atoms with Gasteiger partial charge in [0.05, 0.1) is 0 Å². The Hall–Kier alpha value is 1.07. The van der Waals surface area contributed by atoms with Gasteiger partial charge in [0.25, 0.3) is 0 Å². The minimum Gasteiger partial charge on any atom is -1.00 e. The van der Waals surface area contributed by atoms with Gasteiger partial charge >= 0.3 is 37.4 Å². The molecule has 0 saturated heterocycles. The van der Waals surface area contributed by atoms with Crippen LogP contribution in [0.3, 0.4) is 0 Å². The van der Waals surface area contributed by atoms with Crippen LogP contribution in [-0.2, 0) is 4.57 Å². The molecule has 0 aromatic heterocycles. The summed E-state index contributed by atoms with van der Waals surface area (Å²) in [5, 5.41) is 8.75. The zero-order valence-corrected chi connectivity index (χ0v) is 12.7. The Bertz CT molecular complexity index is 154. The smallest absolute Gasteiger partial charge is 1.00 e. The van der Waals surface area contributed by atoms with Gasteiger partial charge in [-0.25, -0.2) is 4.57 Å². The number of hydrogen-bond acceptors (Lipinski definition) is 2. The standard InChI is InChI=1S/C8H18O.Na.H3O4P.H/c1-3-5-6-8(4-2)7-9;;1-5(2,3)4;/h8-9H,3-7H2,1-2H3;;(H3,1,2,3,4);/q;+1;;-1. The fourth-order valence-electron chi connectivity index (χ4n) is 0.917. The van der Waals surface area contributed by atoms with Crippen LogP contribution in [0, 0.1) is 5.92 Å². The van der Waals surface area contributed by atoms with Crippen LogP contribution in [0.5, 0.6) is 0 Å². The normalized spacial score (nSPS) is 12.1. The number of phosphoric acid groups is 1. The SMILES string of the molecule is CCCCC(CC)CO.O=P(O)(O)O.[H-].[Na+]. The van der Waals surface area contributed by atoms with Crippen molar-refractivity contribution in [2.24, 2.45) is 5.92 Å². The van der Waals surface area contributed by atoms with E-state index < -0.39 is 7.82 Å². The number of rotatable bonds is 5. The number of aliphatic hydroxyl groups is 1. The second-order valence-electron chi connectivity index (χ2n) is 3.11. The van der Waals surface area contributed by atoms with Gasteiger partial charge in [0.1, 0.15) is 0 Å². The van der Waals surface area contributed by atoms with Crippen LogP contribution in [0.1, 0.15) is 41.0 Å². The van der Waals surface area contributed by atoms with E-state index in [1.807, 2.05) is 0 Å². The molecule has 0 aliphatic heterocycles. The number of unbranched alkanes of at least 4 members (excludes halogenated alkanes) is 1. The summed E-state index contributed by atoms with van der Waals surface area (Å²) >= 11 is 0. The summed E-state index contributed by atoms with van der Waals surface area (Å²) in [5.41, 5.74) is 0. The van der Waals surface area contributed by atoms with Crippen molar-refractivity contribution in [3.63, 3.8) is 0 Å². The van der Waals surface area contributed by atoms with E-state index in [1.165, 1.54) is 19.3 Å². The third-order valence-electron chi connectivity index (χ3n) is 1.80. The molecule has 0 bridgehead atoms. The summed E-state index contributed by atoms with van der Waals surface area (Å²) in [6.07, 6.45) is 4.83. The van der Waals surface area contributed by atoms with Crippen LogP contribution in [0.15, 0.2) is 0 Å². The van der Waals surface area contributed by atoms with Gasteiger partial charge in [0, 0.05) is 6.61 Å². The number of hydrogen-bond donors (Lipinski definition) is 4. The van der Waals surface area contributed by atoms with Crippen molar-refractivity contribution in [2.75, 3.05) is 6.61 Å². The van der Waals surface area contributed by atoms with Crippen molar-refractivity contribution in [3.8, 4) is 0 Å². The molecule has 0 fully saturated rings. The second-order valence-corrected chi connectivity index (χ2v) is 4.14. The van der Waals surface area contributed by atoms with Crippen LogP contribution in [0.25, 0.3) is 0 Å². The maximum atomic E-state index is 8.88. The van der Waals surface area contributed by atoms with Gasteiger partial charge < -0.3 is 21.2 Å². The molecule has 1 atom stereocenters. The minimum atomic E-state index is -4.64. The minimum absolute atomic E-state index is 0. The molecule has 0 spiro atoms. The van der Waals surface area contributed by atoms with Crippen molar-refractivity contribution in [2.45, 2.75) is 39.5 Å². The molecular formula is C8H22NaO5P.